The first kappa shape index (κ1) is 6.04. The highest BCUT2D eigenvalue weighted by atomic mass is 32.2. The van der Waals surface area contributed by atoms with Crippen molar-refractivity contribution in [1.29, 1.82) is 0 Å². The molecule has 1 aliphatic heterocycles. The van der Waals surface area contributed by atoms with Crippen LogP contribution in [0.4, 0.5) is 0 Å². The summed E-state index contributed by atoms with van der Waals surface area (Å²) in [5, 5.41) is 0. The van der Waals surface area contributed by atoms with E-state index in [0.29, 0.717) is 6.42 Å². The van der Waals surface area contributed by atoms with Crippen LogP contribution in [0.25, 0.3) is 0 Å². The van der Waals surface area contributed by atoms with Crippen molar-refractivity contribution in [3.8, 4) is 0 Å². The molecule has 0 aliphatic carbocycles. The fourth-order valence-electron chi connectivity index (χ4n) is 0.458. The Kier molecular flexibility index (Phi) is 1.85. The lowest BCUT2D eigenvalue weighted by molar-refractivity contribution is -0.132. The lowest BCUT2D eigenvalue weighted by Crippen LogP contribution is -2.37. The average molecular weight is 147 g/mol. The van der Waals surface area contributed by atoms with Gasteiger partial charge in [-0.3, -0.25) is 9.10 Å². The van der Waals surface area contributed by atoms with Gasteiger partial charge in [-0.25, -0.2) is 0 Å². The molecule has 1 saturated heterocycles. The largest absolute Gasteiger partial charge is 0.281 e. The minimum atomic E-state index is 0.191. The SMILES string of the molecule is O=C1CCN1SC=S. The first-order valence-corrected chi connectivity index (χ1v) is 3.56. The molecule has 0 spiro atoms. The van der Waals surface area contributed by atoms with Crippen molar-refractivity contribution in [2.24, 2.45) is 0 Å². The number of amides is 1. The van der Waals surface area contributed by atoms with Crippen LogP contribution in [-0.2, 0) is 4.79 Å². The van der Waals surface area contributed by atoms with E-state index in [1.807, 2.05) is 0 Å². The van der Waals surface area contributed by atoms with E-state index in [4.69, 9.17) is 0 Å². The van der Waals surface area contributed by atoms with Gasteiger partial charge in [0.1, 0.15) is 0 Å². The fraction of sp³-hybridized carbons (Fsp3) is 0.500. The molecule has 8 heavy (non-hydrogen) atoms. The van der Waals surface area contributed by atoms with Gasteiger partial charge in [-0.2, -0.15) is 0 Å². The maximum Gasteiger partial charge on any atom is 0.234 e. The van der Waals surface area contributed by atoms with E-state index >= 15 is 0 Å². The zero-order valence-electron chi connectivity index (χ0n) is 4.16. The molecular weight excluding hydrogens is 142 g/mol. The molecule has 0 aromatic rings. The summed E-state index contributed by atoms with van der Waals surface area (Å²) >= 11 is 5.83. The average Bonchev–Trinajstić information content (AvgIpc) is 1.79. The van der Waals surface area contributed by atoms with E-state index in [9.17, 15) is 4.79 Å². The van der Waals surface area contributed by atoms with Gasteiger partial charge in [0, 0.05) is 13.0 Å². The predicted molar refractivity (Wildman–Crippen MR) is 37.6 cm³/mol. The minimum absolute atomic E-state index is 0.191. The Morgan fingerprint density at radius 1 is 1.88 bits per heavy atom. The number of hydrogen-bond donors (Lipinski definition) is 0. The van der Waals surface area contributed by atoms with Crippen LogP contribution in [-0.4, -0.2) is 21.5 Å². The first-order chi connectivity index (χ1) is 3.84. The van der Waals surface area contributed by atoms with Crippen molar-refractivity contribution in [3.63, 3.8) is 0 Å². The summed E-state index contributed by atoms with van der Waals surface area (Å²) in [5.41, 5.74) is 0. The smallest absolute Gasteiger partial charge is 0.234 e. The molecule has 1 aliphatic rings. The summed E-state index contributed by atoms with van der Waals surface area (Å²) in [5.74, 6) is 0.191. The zero-order valence-corrected chi connectivity index (χ0v) is 5.80. The van der Waals surface area contributed by atoms with Crippen LogP contribution in [0.5, 0.6) is 0 Å². The van der Waals surface area contributed by atoms with Crippen LogP contribution >= 0.6 is 24.2 Å². The topological polar surface area (TPSA) is 20.3 Å². The number of thiocarbonyl (C=S) groups is 1. The molecule has 4 heteroatoms. The molecule has 0 unspecified atom stereocenters. The summed E-state index contributed by atoms with van der Waals surface area (Å²) in [6.45, 7) is 0.858. The number of carbonyl (C=O) groups is 1. The first-order valence-electron chi connectivity index (χ1n) is 2.25. The molecule has 0 atom stereocenters. The van der Waals surface area contributed by atoms with Crippen molar-refractivity contribution in [1.82, 2.24) is 4.31 Å². The highest BCUT2D eigenvalue weighted by Crippen LogP contribution is 2.17. The highest BCUT2D eigenvalue weighted by molar-refractivity contribution is 8.19. The van der Waals surface area contributed by atoms with E-state index in [1.54, 1.807) is 4.31 Å². The van der Waals surface area contributed by atoms with Gasteiger partial charge in [0.2, 0.25) is 5.91 Å². The Labute approximate surface area is 57.4 Å². The van der Waals surface area contributed by atoms with Crippen molar-refractivity contribution in [2.45, 2.75) is 6.42 Å². The van der Waals surface area contributed by atoms with Crippen molar-refractivity contribution < 1.29 is 4.79 Å². The van der Waals surface area contributed by atoms with Gasteiger partial charge in [0.05, 0.1) is 4.70 Å². The molecule has 0 saturated carbocycles. The lowest BCUT2D eigenvalue weighted by Gasteiger charge is -2.26. The second-order valence-electron chi connectivity index (χ2n) is 1.45. The van der Waals surface area contributed by atoms with Gasteiger partial charge < -0.3 is 0 Å². The van der Waals surface area contributed by atoms with E-state index in [0.717, 1.165) is 6.54 Å². The van der Waals surface area contributed by atoms with Crippen molar-refractivity contribution >= 4 is 34.8 Å². The van der Waals surface area contributed by atoms with Gasteiger partial charge in [0.25, 0.3) is 0 Å². The van der Waals surface area contributed by atoms with E-state index in [-0.39, 0.29) is 5.91 Å². The Bertz CT molecular complexity index is 125. The Morgan fingerprint density at radius 3 is 2.75 bits per heavy atom. The van der Waals surface area contributed by atoms with E-state index in [1.165, 1.54) is 16.6 Å². The van der Waals surface area contributed by atoms with Crippen LogP contribution in [0.1, 0.15) is 6.42 Å². The van der Waals surface area contributed by atoms with Gasteiger partial charge >= 0.3 is 0 Å². The maximum atomic E-state index is 10.5. The predicted octanol–water partition coefficient (Wildman–Crippen LogP) is 0.824. The van der Waals surface area contributed by atoms with Crippen LogP contribution in [0.3, 0.4) is 0 Å². The quantitative estimate of drug-likeness (QED) is 0.328. The number of carbonyl (C=O) groups excluding carboxylic acids is 1. The molecule has 0 radical (unpaired) electrons. The van der Waals surface area contributed by atoms with Crippen molar-refractivity contribution in [2.75, 3.05) is 6.54 Å². The minimum Gasteiger partial charge on any atom is -0.281 e. The molecule has 44 valence electrons. The standard InChI is InChI=1S/C4H5NOS2/c6-4-1-2-5(4)8-3-7/h3H,1-2H2. The zero-order chi connectivity index (χ0) is 5.98. The summed E-state index contributed by atoms with van der Waals surface area (Å²) in [6, 6.07) is 0. The van der Waals surface area contributed by atoms with E-state index < -0.39 is 0 Å². The Morgan fingerprint density at radius 2 is 2.62 bits per heavy atom. The summed E-state index contributed by atoms with van der Waals surface area (Å²) in [7, 11) is 0. The van der Waals surface area contributed by atoms with Gasteiger partial charge in [0.15, 0.2) is 0 Å². The third-order valence-corrected chi connectivity index (χ3v) is 1.96. The summed E-state index contributed by atoms with van der Waals surface area (Å²) < 4.78 is 3.14. The third-order valence-electron chi connectivity index (χ3n) is 0.977. The number of β-lactam (4-membered cyclic amide) rings is 1. The van der Waals surface area contributed by atoms with Gasteiger partial charge in [-0.1, -0.05) is 12.2 Å². The van der Waals surface area contributed by atoms with Gasteiger partial charge in [-0.15, -0.1) is 0 Å². The number of nitrogens with zero attached hydrogens (tertiary/aromatic N) is 1. The van der Waals surface area contributed by atoms with Crippen LogP contribution < -0.4 is 0 Å². The van der Waals surface area contributed by atoms with Crippen LogP contribution in [0, 0.1) is 0 Å². The highest BCUT2D eigenvalue weighted by Gasteiger charge is 2.22. The van der Waals surface area contributed by atoms with Gasteiger partial charge in [-0.05, 0) is 11.9 Å². The van der Waals surface area contributed by atoms with E-state index in [2.05, 4.69) is 12.2 Å². The molecule has 0 aromatic carbocycles. The lowest BCUT2D eigenvalue weighted by atomic mass is 10.3. The molecule has 2 nitrogen and oxygen atoms in total. The molecule has 1 rings (SSSR count). The number of hydrogen-bond acceptors (Lipinski definition) is 3. The molecule has 0 aromatic heterocycles. The molecule has 1 amide bonds. The fourth-order valence-corrected chi connectivity index (χ4v) is 1.28. The Balaban J connectivity index is 2.26. The normalized spacial score (nSPS) is 18.0. The maximum absolute atomic E-state index is 10.5. The molecule has 1 heterocycles. The number of rotatable bonds is 2. The summed E-state index contributed by atoms with van der Waals surface area (Å²) in [4.78, 5) is 10.5. The third kappa shape index (κ3) is 1.00. The van der Waals surface area contributed by atoms with Crippen molar-refractivity contribution in [3.05, 3.63) is 0 Å². The van der Waals surface area contributed by atoms with Crippen LogP contribution in [0.15, 0.2) is 0 Å². The Hall–Kier alpha value is -0.0900. The van der Waals surface area contributed by atoms with Crippen LogP contribution in [0.2, 0.25) is 0 Å². The molecule has 0 N–H and O–H groups in total. The molecule has 0 bridgehead atoms. The second-order valence-corrected chi connectivity index (χ2v) is 2.87. The monoisotopic (exact) mass is 147 g/mol. The summed E-state index contributed by atoms with van der Waals surface area (Å²) in [6.07, 6.45) is 0.691. The molecular formula is C4H5NOS2. The second kappa shape index (κ2) is 2.46. The molecule has 1 fully saturated rings.